The summed E-state index contributed by atoms with van der Waals surface area (Å²) >= 11 is 0. The van der Waals surface area contributed by atoms with Crippen LogP contribution >= 0.6 is 0 Å². The Hall–Kier alpha value is -2.77. The quantitative estimate of drug-likeness (QED) is 0.408. The molecule has 1 aromatic rings. The van der Waals surface area contributed by atoms with Crippen molar-refractivity contribution in [2.75, 3.05) is 13.1 Å². The van der Waals surface area contributed by atoms with Gasteiger partial charge in [-0.05, 0) is 76.6 Å². The first kappa shape index (κ1) is 29.3. The Morgan fingerprint density at radius 1 is 1.15 bits per heavy atom. The molecule has 3 amide bonds. The van der Waals surface area contributed by atoms with E-state index in [9.17, 15) is 19.5 Å². The molecule has 0 spiro atoms. The molecule has 0 radical (unpaired) electrons. The van der Waals surface area contributed by atoms with Crippen molar-refractivity contribution < 1.29 is 24.2 Å². The summed E-state index contributed by atoms with van der Waals surface area (Å²) < 4.78 is 5.37. The van der Waals surface area contributed by atoms with E-state index in [1.165, 1.54) is 11.0 Å². The van der Waals surface area contributed by atoms with Gasteiger partial charge in [0.1, 0.15) is 23.4 Å². The SMILES string of the molecule is CCCCNC(=O)C(c1ccc(O)c(C)c1)N(CC)C(=O)C(CC(C)C)NC(=O)OC(C)(C)C. The predicted molar refractivity (Wildman–Crippen MR) is 134 cm³/mol. The number of nitrogens with zero attached hydrogens (tertiary/aromatic N) is 1. The highest BCUT2D eigenvalue weighted by molar-refractivity contribution is 5.92. The lowest BCUT2D eigenvalue weighted by Crippen LogP contribution is -2.53. The van der Waals surface area contributed by atoms with Crippen LogP contribution in [0, 0.1) is 12.8 Å². The zero-order chi connectivity index (χ0) is 26.1. The van der Waals surface area contributed by atoms with Crippen molar-refractivity contribution >= 4 is 17.9 Å². The van der Waals surface area contributed by atoms with Gasteiger partial charge in [-0.3, -0.25) is 9.59 Å². The summed E-state index contributed by atoms with van der Waals surface area (Å²) in [5.41, 5.74) is 0.503. The number of hydrogen-bond acceptors (Lipinski definition) is 5. The highest BCUT2D eigenvalue weighted by Gasteiger charge is 2.35. The van der Waals surface area contributed by atoms with Gasteiger partial charge in [0, 0.05) is 13.1 Å². The monoisotopic (exact) mass is 477 g/mol. The molecule has 2 unspecified atom stereocenters. The molecule has 0 saturated carbocycles. The molecular formula is C26H43N3O5. The molecule has 8 heteroatoms. The van der Waals surface area contributed by atoms with Gasteiger partial charge in [-0.25, -0.2) is 4.79 Å². The van der Waals surface area contributed by atoms with E-state index >= 15 is 0 Å². The first-order valence-corrected chi connectivity index (χ1v) is 12.2. The van der Waals surface area contributed by atoms with E-state index in [1.54, 1.807) is 46.8 Å². The number of alkyl carbamates (subject to hydrolysis) is 1. The van der Waals surface area contributed by atoms with Crippen LogP contribution < -0.4 is 10.6 Å². The standard InChI is InChI=1S/C26H43N3O5/c1-9-11-14-27-23(31)22(19-12-13-21(30)18(5)16-19)29(10-2)24(32)20(15-17(3)4)28-25(33)34-26(6,7)8/h12-13,16-17,20,22,30H,9-11,14-15H2,1-8H3,(H,27,31)(H,28,33). The molecule has 0 aliphatic carbocycles. The van der Waals surface area contributed by atoms with Crippen molar-refractivity contribution in [3.8, 4) is 5.75 Å². The first-order chi connectivity index (χ1) is 15.8. The minimum absolute atomic E-state index is 0.118. The first-order valence-electron chi connectivity index (χ1n) is 12.2. The number of rotatable bonds is 11. The maximum Gasteiger partial charge on any atom is 0.408 e. The molecule has 0 aliphatic rings. The number of amides is 3. The van der Waals surface area contributed by atoms with Gasteiger partial charge in [0.05, 0.1) is 0 Å². The van der Waals surface area contributed by atoms with Crippen molar-refractivity contribution in [3.05, 3.63) is 29.3 Å². The maximum atomic E-state index is 13.7. The van der Waals surface area contributed by atoms with Crippen molar-refractivity contribution in [1.29, 1.82) is 0 Å². The third-order valence-electron chi connectivity index (χ3n) is 5.25. The molecule has 2 atom stereocenters. The van der Waals surface area contributed by atoms with Crippen LogP contribution in [0.1, 0.15) is 84.9 Å². The molecule has 8 nitrogen and oxygen atoms in total. The Morgan fingerprint density at radius 2 is 1.79 bits per heavy atom. The third-order valence-corrected chi connectivity index (χ3v) is 5.25. The fourth-order valence-electron chi connectivity index (χ4n) is 3.62. The molecule has 0 aromatic heterocycles. The van der Waals surface area contributed by atoms with Crippen LogP contribution in [0.3, 0.4) is 0 Å². The molecule has 1 aromatic carbocycles. The summed E-state index contributed by atoms with van der Waals surface area (Å²) in [6.45, 7) is 15.5. The van der Waals surface area contributed by atoms with Crippen LogP contribution in [0.2, 0.25) is 0 Å². The number of hydrogen-bond donors (Lipinski definition) is 3. The predicted octanol–water partition coefficient (Wildman–Crippen LogP) is 4.45. The zero-order valence-corrected chi connectivity index (χ0v) is 22.0. The minimum atomic E-state index is -0.899. The van der Waals surface area contributed by atoms with E-state index in [4.69, 9.17) is 4.74 Å². The van der Waals surface area contributed by atoms with Crippen molar-refractivity contribution in [2.24, 2.45) is 5.92 Å². The zero-order valence-electron chi connectivity index (χ0n) is 22.0. The number of aryl methyl sites for hydroxylation is 1. The summed E-state index contributed by atoms with van der Waals surface area (Å²) in [5, 5.41) is 15.6. The molecule has 34 heavy (non-hydrogen) atoms. The largest absolute Gasteiger partial charge is 0.508 e. The Kier molecular flexibility index (Phi) is 11.4. The lowest BCUT2D eigenvalue weighted by Gasteiger charge is -2.34. The fourth-order valence-corrected chi connectivity index (χ4v) is 3.62. The molecule has 0 saturated heterocycles. The maximum absolute atomic E-state index is 13.7. The molecule has 0 fully saturated rings. The second-order valence-corrected chi connectivity index (χ2v) is 10.0. The second-order valence-electron chi connectivity index (χ2n) is 10.0. The van der Waals surface area contributed by atoms with Crippen molar-refractivity contribution in [2.45, 2.75) is 92.3 Å². The van der Waals surface area contributed by atoms with Crippen LogP contribution in [-0.4, -0.2) is 52.6 Å². The number of aromatic hydroxyl groups is 1. The summed E-state index contributed by atoms with van der Waals surface area (Å²) in [7, 11) is 0. The van der Waals surface area contributed by atoms with Gasteiger partial charge in [-0.1, -0.05) is 33.3 Å². The molecule has 1 rings (SSSR count). The summed E-state index contributed by atoms with van der Waals surface area (Å²) in [6, 6.07) is 3.15. The van der Waals surface area contributed by atoms with E-state index in [0.717, 1.165) is 12.8 Å². The summed E-state index contributed by atoms with van der Waals surface area (Å²) in [4.78, 5) is 41.0. The normalized spacial score (nSPS) is 13.2. The number of phenolic OH excluding ortho intramolecular Hbond substituents is 1. The molecule has 0 aliphatic heterocycles. The molecule has 3 N–H and O–H groups in total. The number of likely N-dealkylation sites (N-methyl/N-ethyl adjacent to an activating group) is 1. The van der Waals surface area contributed by atoms with Gasteiger partial charge in [-0.15, -0.1) is 0 Å². The number of carbonyl (C=O) groups is 3. The Balaban J connectivity index is 3.35. The Morgan fingerprint density at radius 3 is 2.29 bits per heavy atom. The topological polar surface area (TPSA) is 108 Å². The third kappa shape index (κ3) is 9.23. The average Bonchev–Trinajstić information content (AvgIpc) is 2.71. The van der Waals surface area contributed by atoms with Crippen molar-refractivity contribution in [3.63, 3.8) is 0 Å². The van der Waals surface area contributed by atoms with E-state index in [0.29, 0.717) is 24.1 Å². The van der Waals surface area contributed by atoms with E-state index < -0.39 is 23.8 Å². The minimum Gasteiger partial charge on any atom is -0.508 e. The molecule has 0 bridgehead atoms. The lowest BCUT2D eigenvalue weighted by atomic mass is 9.98. The van der Waals surface area contributed by atoms with Gasteiger partial charge >= 0.3 is 6.09 Å². The Labute approximate surface area is 204 Å². The average molecular weight is 478 g/mol. The van der Waals surface area contributed by atoms with Gasteiger partial charge in [0.15, 0.2) is 0 Å². The summed E-state index contributed by atoms with van der Waals surface area (Å²) in [6.07, 6.45) is 1.47. The van der Waals surface area contributed by atoms with Crippen LogP contribution in [0.25, 0.3) is 0 Å². The molecule has 192 valence electrons. The number of nitrogens with one attached hydrogen (secondary N) is 2. The van der Waals surface area contributed by atoms with Crippen LogP contribution in [0.5, 0.6) is 5.75 Å². The number of phenols is 1. The van der Waals surface area contributed by atoms with E-state index in [1.807, 2.05) is 20.8 Å². The molecule has 0 heterocycles. The van der Waals surface area contributed by atoms with Gasteiger partial charge < -0.3 is 25.4 Å². The second kappa shape index (κ2) is 13.2. The van der Waals surface area contributed by atoms with Crippen molar-refractivity contribution in [1.82, 2.24) is 15.5 Å². The van der Waals surface area contributed by atoms with Gasteiger partial charge in [-0.2, -0.15) is 0 Å². The highest BCUT2D eigenvalue weighted by Crippen LogP contribution is 2.27. The van der Waals surface area contributed by atoms with E-state index in [2.05, 4.69) is 10.6 Å². The smallest absolute Gasteiger partial charge is 0.408 e. The fraction of sp³-hybridized carbons (Fsp3) is 0.654. The van der Waals surface area contributed by atoms with Crippen LogP contribution in [-0.2, 0) is 14.3 Å². The van der Waals surface area contributed by atoms with Crippen LogP contribution in [0.4, 0.5) is 4.79 Å². The summed E-state index contributed by atoms with van der Waals surface area (Å²) in [5.74, 6) is -0.416. The van der Waals surface area contributed by atoms with Crippen LogP contribution in [0.15, 0.2) is 18.2 Å². The number of ether oxygens (including phenoxy) is 1. The highest BCUT2D eigenvalue weighted by atomic mass is 16.6. The Bertz CT molecular complexity index is 832. The lowest BCUT2D eigenvalue weighted by molar-refractivity contribution is -0.142. The number of unbranched alkanes of at least 4 members (excludes halogenated alkanes) is 1. The number of carbonyl (C=O) groups excluding carboxylic acids is 3. The van der Waals surface area contributed by atoms with Gasteiger partial charge in [0.2, 0.25) is 11.8 Å². The molecular weight excluding hydrogens is 434 g/mol. The number of benzene rings is 1. The van der Waals surface area contributed by atoms with E-state index in [-0.39, 0.29) is 30.0 Å². The van der Waals surface area contributed by atoms with Gasteiger partial charge in [0.25, 0.3) is 0 Å².